The summed E-state index contributed by atoms with van der Waals surface area (Å²) in [7, 11) is 1.84. The van der Waals surface area contributed by atoms with Crippen molar-refractivity contribution in [2.24, 2.45) is 0 Å². The minimum atomic E-state index is 0.176. The molecular weight excluding hydrogens is 326 g/mol. The van der Waals surface area contributed by atoms with E-state index >= 15 is 0 Å². The average Bonchev–Trinajstić information content (AvgIpc) is 2.63. The van der Waals surface area contributed by atoms with Crippen molar-refractivity contribution >= 4 is 11.6 Å². The summed E-state index contributed by atoms with van der Waals surface area (Å²) in [5, 5.41) is 0. The van der Waals surface area contributed by atoms with Gasteiger partial charge in [0, 0.05) is 30.9 Å². The topological polar surface area (TPSA) is 45.7 Å². The van der Waals surface area contributed by atoms with E-state index in [4.69, 9.17) is 4.74 Å². The largest absolute Gasteiger partial charge is 0.485 e. The van der Waals surface area contributed by atoms with Crippen molar-refractivity contribution in [3.8, 4) is 16.9 Å². The summed E-state index contributed by atoms with van der Waals surface area (Å²) in [6.07, 6.45) is 9.33. The van der Waals surface area contributed by atoms with E-state index in [2.05, 4.69) is 22.2 Å². The van der Waals surface area contributed by atoms with E-state index in [1.807, 2.05) is 44.4 Å². The van der Waals surface area contributed by atoms with Crippen molar-refractivity contribution in [3.63, 3.8) is 0 Å². The van der Waals surface area contributed by atoms with Crippen LogP contribution >= 0.6 is 0 Å². The van der Waals surface area contributed by atoms with Crippen LogP contribution in [0.5, 0.6) is 5.75 Å². The van der Waals surface area contributed by atoms with E-state index in [0.717, 1.165) is 42.1 Å². The van der Waals surface area contributed by atoms with Gasteiger partial charge in [0.05, 0.1) is 19.3 Å². The molecule has 1 fully saturated rings. The molecule has 26 heavy (non-hydrogen) atoms. The zero-order valence-corrected chi connectivity index (χ0v) is 15.2. The number of hydrogen-bond acceptors (Lipinski definition) is 4. The predicted molar refractivity (Wildman–Crippen MR) is 102 cm³/mol. The minimum absolute atomic E-state index is 0.176. The maximum absolute atomic E-state index is 11.8. The Hall–Kier alpha value is -2.82. The van der Waals surface area contributed by atoms with E-state index in [9.17, 15) is 4.79 Å². The maximum atomic E-state index is 11.8. The molecule has 2 aromatic rings. The lowest BCUT2D eigenvalue weighted by atomic mass is 9.97. The van der Waals surface area contributed by atoms with Crippen molar-refractivity contribution in [1.29, 1.82) is 0 Å². The molecule has 1 aromatic carbocycles. The smallest absolute Gasteiger partial charge is 0.227 e. The Kier molecular flexibility index (Phi) is 4.37. The number of amides is 1. The number of benzene rings is 1. The summed E-state index contributed by atoms with van der Waals surface area (Å²) < 4.78 is 6.04. The van der Waals surface area contributed by atoms with Gasteiger partial charge >= 0.3 is 0 Å². The minimum Gasteiger partial charge on any atom is -0.485 e. The highest BCUT2D eigenvalue weighted by atomic mass is 16.5. The van der Waals surface area contributed by atoms with E-state index < -0.39 is 0 Å². The van der Waals surface area contributed by atoms with Gasteiger partial charge in [-0.05, 0) is 48.9 Å². The number of fused-ring (bicyclic) bond motifs is 1. The van der Waals surface area contributed by atoms with Crippen LogP contribution in [0.3, 0.4) is 0 Å². The van der Waals surface area contributed by atoms with Gasteiger partial charge in [-0.2, -0.15) is 0 Å². The first-order valence-corrected chi connectivity index (χ1v) is 9.02. The van der Waals surface area contributed by atoms with Crippen molar-refractivity contribution in [2.75, 3.05) is 25.0 Å². The van der Waals surface area contributed by atoms with Gasteiger partial charge in [0.1, 0.15) is 11.9 Å². The van der Waals surface area contributed by atoms with Crippen LogP contribution in [0.15, 0.2) is 48.9 Å². The molecule has 0 saturated carbocycles. The van der Waals surface area contributed by atoms with Crippen molar-refractivity contribution in [3.05, 3.63) is 54.5 Å². The van der Waals surface area contributed by atoms with Gasteiger partial charge in [0.2, 0.25) is 5.91 Å². The molecule has 5 heteroatoms. The third-order valence-corrected chi connectivity index (χ3v) is 5.01. The zero-order chi connectivity index (χ0) is 18.1. The lowest BCUT2D eigenvalue weighted by Gasteiger charge is -2.38. The summed E-state index contributed by atoms with van der Waals surface area (Å²) in [4.78, 5) is 20.2. The maximum Gasteiger partial charge on any atom is 0.227 e. The highest BCUT2D eigenvalue weighted by Gasteiger charge is 2.26. The molecule has 5 nitrogen and oxygen atoms in total. The first-order chi connectivity index (χ1) is 12.6. The van der Waals surface area contributed by atoms with Crippen LogP contribution in [0.4, 0.5) is 5.69 Å². The number of likely N-dealkylation sites (tertiary alicyclic amines) is 1. The standard InChI is InChI=1S/C21H23N3O2/c1-3-8-24-13-19(14-24)26-18-10-17(11-22-12-18)15-4-6-20-16(9-15)5-7-21(25)23(20)2/h3-4,6,8-12,19H,5,7,13-14H2,1-2H3. The molecular formula is C21H23N3O2. The quantitative estimate of drug-likeness (QED) is 0.850. The number of ether oxygens (including phenoxy) is 1. The first-order valence-electron chi connectivity index (χ1n) is 9.02. The van der Waals surface area contributed by atoms with E-state index in [0.29, 0.717) is 6.42 Å². The summed E-state index contributed by atoms with van der Waals surface area (Å²) in [5.41, 5.74) is 4.35. The number of carbonyl (C=O) groups is 1. The van der Waals surface area contributed by atoms with E-state index in [-0.39, 0.29) is 12.0 Å². The predicted octanol–water partition coefficient (Wildman–Crippen LogP) is 3.25. The molecule has 134 valence electrons. The van der Waals surface area contributed by atoms with Crippen LogP contribution < -0.4 is 9.64 Å². The van der Waals surface area contributed by atoms with Gasteiger partial charge in [0.25, 0.3) is 0 Å². The monoisotopic (exact) mass is 349 g/mol. The molecule has 1 saturated heterocycles. The highest BCUT2D eigenvalue weighted by Crippen LogP contribution is 2.32. The molecule has 0 N–H and O–H groups in total. The van der Waals surface area contributed by atoms with Gasteiger partial charge < -0.3 is 14.5 Å². The van der Waals surface area contributed by atoms with Gasteiger partial charge in [-0.25, -0.2) is 0 Å². The Balaban J connectivity index is 1.51. The van der Waals surface area contributed by atoms with Gasteiger partial charge in [-0.15, -0.1) is 0 Å². The summed E-state index contributed by atoms with van der Waals surface area (Å²) in [6.45, 7) is 3.84. The van der Waals surface area contributed by atoms with Crippen LogP contribution in [0.1, 0.15) is 18.9 Å². The fourth-order valence-electron chi connectivity index (χ4n) is 3.55. The second-order valence-corrected chi connectivity index (χ2v) is 6.88. The van der Waals surface area contributed by atoms with Crippen LogP contribution in [0.25, 0.3) is 11.1 Å². The number of anilines is 1. The number of rotatable bonds is 4. The molecule has 2 aliphatic heterocycles. The Morgan fingerprint density at radius 1 is 1.15 bits per heavy atom. The van der Waals surface area contributed by atoms with Crippen molar-refractivity contribution < 1.29 is 9.53 Å². The number of nitrogens with zero attached hydrogens (tertiary/aromatic N) is 3. The van der Waals surface area contributed by atoms with Gasteiger partial charge in [-0.1, -0.05) is 12.1 Å². The third kappa shape index (κ3) is 3.17. The summed E-state index contributed by atoms with van der Waals surface area (Å²) in [5.74, 6) is 0.979. The number of carbonyl (C=O) groups excluding carboxylic acids is 1. The first kappa shape index (κ1) is 16.6. The zero-order valence-electron chi connectivity index (χ0n) is 15.2. The van der Waals surface area contributed by atoms with Crippen LogP contribution in [0.2, 0.25) is 0 Å². The Labute approximate surface area is 153 Å². The Bertz CT molecular complexity index is 856. The van der Waals surface area contributed by atoms with E-state index in [1.54, 1.807) is 11.1 Å². The van der Waals surface area contributed by atoms with Crippen LogP contribution in [0, 0.1) is 0 Å². The number of hydrogen-bond donors (Lipinski definition) is 0. The third-order valence-electron chi connectivity index (χ3n) is 5.01. The van der Waals surface area contributed by atoms with Crippen LogP contribution in [-0.2, 0) is 11.2 Å². The average molecular weight is 349 g/mol. The summed E-state index contributed by atoms with van der Waals surface area (Å²) >= 11 is 0. The number of aryl methyl sites for hydroxylation is 1. The SMILES string of the molecule is CC=CN1CC(Oc2cncc(-c3ccc4c(c3)CCC(=O)N4C)c2)C1. The fraction of sp³-hybridized carbons (Fsp3) is 0.333. The molecule has 1 amide bonds. The lowest BCUT2D eigenvalue weighted by Crippen LogP contribution is -2.50. The Morgan fingerprint density at radius 3 is 2.81 bits per heavy atom. The van der Waals surface area contributed by atoms with Crippen molar-refractivity contribution in [1.82, 2.24) is 9.88 Å². The summed E-state index contributed by atoms with van der Waals surface area (Å²) in [6, 6.07) is 8.28. The molecule has 0 bridgehead atoms. The molecule has 3 heterocycles. The molecule has 1 aromatic heterocycles. The molecule has 4 rings (SSSR count). The number of aromatic nitrogens is 1. The fourth-order valence-corrected chi connectivity index (χ4v) is 3.55. The second kappa shape index (κ2) is 6.83. The number of pyridine rings is 1. The van der Waals surface area contributed by atoms with Crippen molar-refractivity contribution in [2.45, 2.75) is 25.9 Å². The highest BCUT2D eigenvalue weighted by molar-refractivity contribution is 5.96. The molecule has 0 atom stereocenters. The van der Waals surface area contributed by atoms with E-state index in [1.165, 1.54) is 5.56 Å². The molecule has 2 aliphatic rings. The molecule has 0 unspecified atom stereocenters. The molecule has 0 radical (unpaired) electrons. The number of allylic oxidation sites excluding steroid dienone is 1. The molecule has 0 spiro atoms. The Morgan fingerprint density at radius 2 is 2.00 bits per heavy atom. The normalized spacial score (nSPS) is 17.4. The van der Waals surface area contributed by atoms with Crippen LogP contribution in [-0.4, -0.2) is 42.0 Å². The second-order valence-electron chi connectivity index (χ2n) is 6.88. The molecule has 0 aliphatic carbocycles. The lowest BCUT2D eigenvalue weighted by molar-refractivity contribution is -0.118. The van der Waals surface area contributed by atoms with Gasteiger partial charge in [0.15, 0.2) is 0 Å². The van der Waals surface area contributed by atoms with Gasteiger partial charge in [-0.3, -0.25) is 9.78 Å².